The first kappa shape index (κ1) is 15.2. The van der Waals surface area contributed by atoms with E-state index in [1.165, 1.54) is 6.20 Å². The molecule has 1 aromatic heterocycles. The highest BCUT2D eigenvalue weighted by Gasteiger charge is 2.31. The Labute approximate surface area is 128 Å². The zero-order chi connectivity index (χ0) is 14.9. The molecule has 8 heteroatoms. The van der Waals surface area contributed by atoms with Crippen molar-refractivity contribution in [3.63, 3.8) is 0 Å². The Morgan fingerprint density at radius 1 is 1.10 bits per heavy atom. The van der Waals surface area contributed by atoms with Crippen molar-refractivity contribution in [3.8, 4) is 0 Å². The quantitative estimate of drug-likeness (QED) is 0.657. The van der Waals surface area contributed by atoms with Gasteiger partial charge in [0.1, 0.15) is 11.6 Å². The average Bonchev–Trinajstić information content (AvgIpc) is 2.33. The maximum atomic E-state index is 13.6. The van der Waals surface area contributed by atoms with E-state index < -0.39 is 17.6 Å². The number of pyridine rings is 1. The molecule has 0 aliphatic carbocycles. The largest absolute Gasteiger partial charge is 0.416 e. The maximum Gasteiger partial charge on any atom is 0.416 e. The molecule has 1 N–H and O–H groups in total. The molecule has 0 aliphatic rings. The molecule has 0 saturated heterocycles. The van der Waals surface area contributed by atoms with Crippen molar-refractivity contribution >= 4 is 43.4 Å². The lowest BCUT2D eigenvalue weighted by atomic mass is 10.2. The lowest BCUT2D eigenvalue weighted by Gasteiger charge is -2.12. The summed E-state index contributed by atoms with van der Waals surface area (Å²) in [6, 6.07) is 3.79. The molecule has 0 saturated carbocycles. The number of nitrogens with one attached hydrogen (secondary N) is 1. The second-order valence-corrected chi connectivity index (χ2v) is 5.57. The molecule has 2 rings (SSSR count). The molecular weight excluding hydrogens is 408 g/mol. The van der Waals surface area contributed by atoms with E-state index in [0.29, 0.717) is 21.1 Å². The Kier molecular flexibility index (Phi) is 4.33. The summed E-state index contributed by atoms with van der Waals surface area (Å²) in [7, 11) is 0. The predicted octanol–water partition coefficient (Wildman–Crippen LogP) is 5.51. The van der Waals surface area contributed by atoms with Crippen LogP contribution in [-0.2, 0) is 6.18 Å². The highest BCUT2D eigenvalue weighted by atomic mass is 79.9. The standard InChI is InChI=1S/C12H6Br2F4N2/c13-7-4-8(14)11(19-5-7)20-10-3-6(12(16,17)18)1-2-9(10)15/h1-5H,(H,19,20). The predicted molar refractivity (Wildman–Crippen MR) is 74.3 cm³/mol. The van der Waals surface area contributed by atoms with Gasteiger partial charge in [0.2, 0.25) is 0 Å². The summed E-state index contributed by atoms with van der Waals surface area (Å²) in [6.07, 6.45) is -3.09. The monoisotopic (exact) mass is 412 g/mol. The fourth-order valence-electron chi connectivity index (χ4n) is 1.43. The molecule has 1 heterocycles. The van der Waals surface area contributed by atoms with E-state index in [0.717, 1.165) is 6.07 Å². The van der Waals surface area contributed by atoms with Crippen LogP contribution >= 0.6 is 31.9 Å². The number of nitrogens with zero attached hydrogens (tertiary/aromatic N) is 1. The normalized spacial score (nSPS) is 11.5. The first-order valence-corrected chi connectivity index (χ1v) is 6.81. The van der Waals surface area contributed by atoms with E-state index in [4.69, 9.17) is 0 Å². The summed E-state index contributed by atoms with van der Waals surface area (Å²) in [6.45, 7) is 0. The van der Waals surface area contributed by atoms with Gasteiger partial charge in [0.05, 0.1) is 15.7 Å². The van der Waals surface area contributed by atoms with E-state index in [2.05, 4.69) is 42.2 Å². The average molecular weight is 414 g/mol. The summed E-state index contributed by atoms with van der Waals surface area (Å²) in [4.78, 5) is 3.95. The van der Waals surface area contributed by atoms with Crippen molar-refractivity contribution in [2.75, 3.05) is 5.32 Å². The second kappa shape index (κ2) is 5.69. The molecule has 0 radical (unpaired) electrons. The summed E-state index contributed by atoms with van der Waals surface area (Å²) in [5, 5.41) is 2.53. The molecule has 106 valence electrons. The minimum absolute atomic E-state index is 0.214. The van der Waals surface area contributed by atoms with Crippen LogP contribution in [0.4, 0.5) is 29.1 Å². The van der Waals surface area contributed by atoms with Gasteiger partial charge in [-0.1, -0.05) is 0 Å². The highest BCUT2D eigenvalue weighted by molar-refractivity contribution is 9.11. The van der Waals surface area contributed by atoms with Crippen molar-refractivity contribution in [1.29, 1.82) is 0 Å². The number of aromatic nitrogens is 1. The number of anilines is 2. The van der Waals surface area contributed by atoms with Gasteiger partial charge < -0.3 is 5.32 Å². The lowest BCUT2D eigenvalue weighted by molar-refractivity contribution is -0.137. The van der Waals surface area contributed by atoms with Gasteiger partial charge in [-0.05, 0) is 56.1 Å². The number of hydrogen-bond acceptors (Lipinski definition) is 2. The Bertz CT molecular complexity index is 644. The van der Waals surface area contributed by atoms with Crippen molar-refractivity contribution in [3.05, 3.63) is 50.8 Å². The molecule has 0 spiro atoms. The van der Waals surface area contributed by atoms with E-state index >= 15 is 0 Å². The van der Waals surface area contributed by atoms with E-state index in [9.17, 15) is 17.6 Å². The van der Waals surface area contributed by atoms with Crippen LogP contribution in [0.3, 0.4) is 0 Å². The van der Waals surface area contributed by atoms with Gasteiger partial charge >= 0.3 is 6.18 Å². The van der Waals surface area contributed by atoms with Crippen molar-refractivity contribution < 1.29 is 17.6 Å². The molecule has 0 aliphatic heterocycles. The van der Waals surface area contributed by atoms with Gasteiger partial charge in [-0.3, -0.25) is 0 Å². The van der Waals surface area contributed by atoms with Crippen LogP contribution in [0.2, 0.25) is 0 Å². The molecular formula is C12H6Br2F4N2. The van der Waals surface area contributed by atoms with Crippen LogP contribution in [0.15, 0.2) is 39.4 Å². The summed E-state index contributed by atoms with van der Waals surface area (Å²) in [5.41, 5.74) is -1.23. The van der Waals surface area contributed by atoms with Crippen molar-refractivity contribution in [1.82, 2.24) is 4.98 Å². The lowest BCUT2D eigenvalue weighted by Crippen LogP contribution is -2.06. The fraction of sp³-hybridized carbons (Fsp3) is 0.0833. The third kappa shape index (κ3) is 3.49. The smallest absolute Gasteiger partial charge is 0.337 e. The van der Waals surface area contributed by atoms with Crippen LogP contribution in [0.25, 0.3) is 0 Å². The molecule has 1 aromatic carbocycles. The van der Waals surface area contributed by atoms with Crippen LogP contribution in [0.1, 0.15) is 5.56 Å². The molecule has 2 nitrogen and oxygen atoms in total. The van der Waals surface area contributed by atoms with Gasteiger partial charge in [-0.15, -0.1) is 0 Å². The third-order valence-corrected chi connectivity index (χ3v) is 3.39. The van der Waals surface area contributed by atoms with E-state index in [-0.39, 0.29) is 11.5 Å². The first-order valence-electron chi connectivity index (χ1n) is 5.22. The molecule has 2 aromatic rings. The number of halogens is 6. The van der Waals surface area contributed by atoms with Crippen LogP contribution < -0.4 is 5.32 Å². The van der Waals surface area contributed by atoms with E-state index in [1.54, 1.807) is 6.07 Å². The minimum Gasteiger partial charge on any atom is -0.337 e. The Balaban J connectivity index is 2.38. The third-order valence-electron chi connectivity index (χ3n) is 2.35. The second-order valence-electron chi connectivity index (χ2n) is 3.80. The highest BCUT2D eigenvalue weighted by Crippen LogP contribution is 2.33. The van der Waals surface area contributed by atoms with Crippen LogP contribution in [-0.4, -0.2) is 4.98 Å². The van der Waals surface area contributed by atoms with Crippen molar-refractivity contribution in [2.24, 2.45) is 0 Å². The van der Waals surface area contributed by atoms with Gasteiger partial charge in [0.25, 0.3) is 0 Å². The SMILES string of the molecule is Fc1ccc(C(F)(F)F)cc1Nc1ncc(Br)cc1Br. The first-order chi connectivity index (χ1) is 9.27. The number of benzene rings is 1. The molecule has 0 atom stereocenters. The minimum atomic E-state index is -4.53. The maximum absolute atomic E-state index is 13.6. The Morgan fingerprint density at radius 3 is 2.40 bits per heavy atom. The zero-order valence-electron chi connectivity index (χ0n) is 9.60. The molecule has 0 unspecified atom stereocenters. The van der Waals surface area contributed by atoms with Gasteiger partial charge in [-0.2, -0.15) is 13.2 Å². The topological polar surface area (TPSA) is 24.9 Å². The zero-order valence-corrected chi connectivity index (χ0v) is 12.8. The fourth-order valence-corrected chi connectivity index (χ4v) is 2.52. The van der Waals surface area contributed by atoms with E-state index in [1.807, 2.05) is 0 Å². The summed E-state index contributed by atoms with van der Waals surface area (Å²) in [5.74, 6) is -0.582. The van der Waals surface area contributed by atoms with Gasteiger partial charge in [0.15, 0.2) is 0 Å². The van der Waals surface area contributed by atoms with Gasteiger partial charge in [-0.25, -0.2) is 9.37 Å². The molecule has 20 heavy (non-hydrogen) atoms. The molecule has 0 bridgehead atoms. The summed E-state index contributed by atoms with van der Waals surface area (Å²) >= 11 is 6.38. The Hall–Kier alpha value is -1.15. The molecule has 0 amide bonds. The summed E-state index contributed by atoms with van der Waals surface area (Å²) < 4.78 is 52.5. The Morgan fingerprint density at radius 2 is 1.80 bits per heavy atom. The molecule has 0 fully saturated rings. The van der Waals surface area contributed by atoms with Crippen LogP contribution in [0, 0.1) is 5.82 Å². The van der Waals surface area contributed by atoms with Crippen molar-refractivity contribution in [2.45, 2.75) is 6.18 Å². The number of rotatable bonds is 2. The van der Waals surface area contributed by atoms with Crippen LogP contribution in [0.5, 0.6) is 0 Å². The van der Waals surface area contributed by atoms with Gasteiger partial charge in [0, 0.05) is 10.7 Å². The number of hydrogen-bond donors (Lipinski definition) is 1. The number of alkyl halides is 3.